The van der Waals surface area contributed by atoms with E-state index in [2.05, 4.69) is 28.2 Å². The Morgan fingerprint density at radius 1 is 1.47 bits per heavy atom. The SMILES string of the molecule is CCNc1ncccc1CN1CCS(=O)CC1. The van der Waals surface area contributed by atoms with Crippen molar-refractivity contribution in [3.63, 3.8) is 0 Å². The summed E-state index contributed by atoms with van der Waals surface area (Å²) in [6.45, 7) is 5.70. The molecule has 0 unspecified atom stereocenters. The van der Waals surface area contributed by atoms with Gasteiger partial charge in [0.15, 0.2) is 0 Å². The summed E-state index contributed by atoms with van der Waals surface area (Å²) in [5.74, 6) is 2.58. The van der Waals surface area contributed by atoms with Gasteiger partial charge in [-0.2, -0.15) is 0 Å². The third-order valence-electron chi connectivity index (χ3n) is 2.90. The predicted molar refractivity (Wildman–Crippen MR) is 71.6 cm³/mol. The molecule has 2 rings (SSSR count). The van der Waals surface area contributed by atoms with Crippen LogP contribution in [0.4, 0.5) is 5.82 Å². The van der Waals surface area contributed by atoms with E-state index in [-0.39, 0.29) is 0 Å². The van der Waals surface area contributed by atoms with E-state index >= 15 is 0 Å². The first-order valence-electron chi connectivity index (χ1n) is 6.04. The molecule has 0 bridgehead atoms. The van der Waals surface area contributed by atoms with Crippen molar-refractivity contribution in [1.29, 1.82) is 0 Å². The smallest absolute Gasteiger partial charge is 0.130 e. The molecular formula is C12H19N3OS. The molecule has 1 N–H and O–H groups in total. The number of pyridine rings is 1. The van der Waals surface area contributed by atoms with Crippen molar-refractivity contribution in [2.75, 3.05) is 36.5 Å². The molecule has 4 nitrogen and oxygen atoms in total. The molecule has 0 atom stereocenters. The van der Waals surface area contributed by atoms with Crippen LogP contribution in [0.25, 0.3) is 0 Å². The minimum Gasteiger partial charge on any atom is -0.370 e. The Kier molecular flexibility index (Phi) is 4.50. The van der Waals surface area contributed by atoms with Crippen LogP contribution in [0.3, 0.4) is 0 Å². The second-order valence-electron chi connectivity index (χ2n) is 4.17. The number of anilines is 1. The number of hydrogen-bond acceptors (Lipinski definition) is 4. The van der Waals surface area contributed by atoms with Gasteiger partial charge in [0, 0.05) is 60.2 Å². The fourth-order valence-electron chi connectivity index (χ4n) is 1.97. The molecule has 94 valence electrons. The third-order valence-corrected chi connectivity index (χ3v) is 4.18. The first-order valence-corrected chi connectivity index (χ1v) is 7.53. The van der Waals surface area contributed by atoms with Crippen molar-refractivity contribution in [2.24, 2.45) is 0 Å². The van der Waals surface area contributed by atoms with Crippen LogP contribution < -0.4 is 5.32 Å². The monoisotopic (exact) mass is 253 g/mol. The van der Waals surface area contributed by atoms with Crippen molar-refractivity contribution < 1.29 is 4.21 Å². The molecule has 17 heavy (non-hydrogen) atoms. The fraction of sp³-hybridized carbons (Fsp3) is 0.583. The van der Waals surface area contributed by atoms with Crippen molar-refractivity contribution in [1.82, 2.24) is 9.88 Å². The summed E-state index contributed by atoms with van der Waals surface area (Å²) in [5.41, 5.74) is 1.22. The highest BCUT2D eigenvalue weighted by Crippen LogP contribution is 2.15. The number of hydrogen-bond donors (Lipinski definition) is 1. The van der Waals surface area contributed by atoms with Crippen LogP contribution in [0, 0.1) is 0 Å². The summed E-state index contributed by atoms with van der Waals surface area (Å²) < 4.78 is 11.3. The molecule has 0 spiro atoms. The van der Waals surface area contributed by atoms with Crippen LogP contribution in [0.2, 0.25) is 0 Å². The first kappa shape index (κ1) is 12.5. The molecule has 0 radical (unpaired) electrons. The maximum Gasteiger partial charge on any atom is 0.130 e. The van der Waals surface area contributed by atoms with E-state index in [4.69, 9.17) is 0 Å². The highest BCUT2D eigenvalue weighted by molar-refractivity contribution is 7.85. The molecule has 1 aliphatic rings. The highest BCUT2D eigenvalue weighted by atomic mass is 32.2. The minimum atomic E-state index is -0.601. The van der Waals surface area contributed by atoms with Gasteiger partial charge in [-0.3, -0.25) is 9.11 Å². The summed E-state index contributed by atoms with van der Waals surface area (Å²) in [5, 5.41) is 3.28. The molecule has 1 aromatic rings. The zero-order valence-electron chi connectivity index (χ0n) is 10.2. The summed E-state index contributed by atoms with van der Waals surface area (Å²) in [7, 11) is -0.601. The van der Waals surface area contributed by atoms with E-state index in [0.717, 1.165) is 43.5 Å². The molecule has 1 saturated heterocycles. The second-order valence-corrected chi connectivity index (χ2v) is 5.86. The third kappa shape index (κ3) is 3.51. The van der Waals surface area contributed by atoms with Gasteiger partial charge in [-0.1, -0.05) is 6.07 Å². The molecule has 1 aromatic heterocycles. The van der Waals surface area contributed by atoms with Gasteiger partial charge in [0.25, 0.3) is 0 Å². The molecule has 2 heterocycles. The van der Waals surface area contributed by atoms with E-state index in [1.807, 2.05) is 12.3 Å². The van der Waals surface area contributed by atoms with Gasteiger partial charge in [-0.05, 0) is 13.0 Å². The zero-order valence-corrected chi connectivity index (χ0v) is 11.0. The lowest BCUT2D eigenvalue weighted by molar-refractivity contribution is 0.291. The Bertz CT molecular complexity index is 387. The fourth-order valence-corrected chi connectivity index (χ4v) is 3.10. The van der Waals surface area contributed by atoms with Gasteiger partial charge < -0.3 is 5.32 Å². The summed E-state index contributed by atoms with van der Waals surface area (Å²) in [6.07, 6.45) is 1.81. The Hall–Kier alpha value is -0.940. The van der Waals surface area contributed by atoms with E-state index < -0.39 is 10.8 Å². The van der Waals surface area contributed by atoms with Gasteiger partial charge >= 0.3 is 0 Å². The maximum atomic E-state index is 11.3. The van der Waals surface area contributed by atoms with Crippen molar-refractivity contribution in [2.45, 2.75) is 13.5 Å². The number of aromatic nitrogens is 1. The maximum absolute atomic E-state index is 11.3. The van der Waals surface area contributed by atoms with Gasteiger partial charge in [-0.25, -0.2) is 4.98 Å². The van der Waals surface area contributed by atoms with Gasteiger partial charge in [0.05, 0.1) is 0 Å². The summed E-state index contributed by atoms with van der Waals surface area (Å²) >= 11 is 0. The second kappa shape index (κ2) is 6.12. The average Bonchev–Trinajstić information content (AvgIpc) is 2.35. The van der Waals surface area contributed by atoms with Crippen molar-refractivity contribution >= 4 is 16.6 Å². The molecule has 1 fully saturated rings. The normalized spacial score (nSPS) is 18.2. The van der Waals surface area contributed by atoms with E-state index in [1.165, 1.54) is 5.56 Å². The van der Waals surface area contributed by atoms with E-state index in [1.54, 1.807) is 0 Å². The summed E-state index contributed by atoms with van der Waals surface area (Å²) in [6, 6.07) is 4.08. The number of nitrogens with zero attached hydrogens (tertiary/aromatic N) is 2. The van der Waals surface area contributed by atoms with Crippen LogP contribution in [0.1, 0.15) is 12.5 Å². The van der Waals surface area contributed by atoms with E-state index in [9.17, 15) is 4.21 Å². The Labute approximate surface area is 105 Å². The number of nitrogens with one attached hydrogen (secondary N) is 1. The average molecular weight is 253 g/mol. The topological polar surface area (TPSA) is 45.2 Å². The van der Waals surface area contributed by atoms with Gasteiger partial charge in [-0.15, -0.1) is 0 Å². The minimum absolute atomic E-state index is 0.601. The van der Waals surface area contributed by atoms with Crippen LogP contribution in [0.15, 0.2) is 18.3 Å². The lowest BCUT2D eigenvalue weighted by Gasteiger charge is -2.26. The van der Waals surface area contributed by atoms with E-state index in [0.29, 0.717) is 0 Å². The molecule has 1 aliphatic heterocycles. The Balaban J connectivity index is 2.00. The van der Waals surface area contributed by atoms with Crippen LogP contribution in [0.5, 0.6) is 0 Å². The van der Waals surface area contributed by atoms with Gasteiger partial charge in [0.2, 0.25) is 0 Å². The summed E-state index contributed by atoms with van der Waals surface area (Å²) in [4.78, 5) is 6.70. The quantitative estimate of drug-likeness (QED) is 0.872. The standard InChI is InChI=1S/C12H19N3OS/c1-2-13-12-11(4-3-5-14-12)10-15-6-8-17(16)9-7-15/h3-5H,2,6-10H2,1H3,(H,13,14). The zero-order chi connectivity index (χ0) is 12.1. The predicted octanol–water partition coefficient (Wildman–Crippen LogP) is 1.08. The molecule has 0 aromatic carbocycles. The Morgan fingerprint density at radius 2 is 2.24 bits per heavy atom. The molecular weight excluding hydrogens is 234 g/mol. The number of rotatable bonds is 4. The largest absolute Gasteiger partial charge is 0.370 e. The molecule has 0 amide bonds. The van der Waals surface area contributed by atoms with Crippen LogP contribution in [-0.4, -0.2) is 45.2 Å². The van der Waals surface area contributed by atoms with Crippen LogP contribution in [-0.2, 0) is 17.3 Å². The van der Waals surface area contributed by atoms with Crippen molar-refractivity contribution in [3.8, 4) is 0 Å². The van der Waals surface area contributed by atoms with Gasteiger partial charge in [0.1, 0.15) is 5.82 Å². The lowest BCUT2D eigenvalue weighted by atomic mass is 10.2. The molecule has 0 aliphatic carbocycles. The molecule has 5 heteroatoms. The molecule has 0 saturated carbocycles. The first-order chi connectivity index (χ1) is 8.29. The Morgan fingerprint density at radius 3 is 2.94 bits per heavy atom. The highest BCUT2D eigenvalue weighted by Gasteiger charge is 2.16. The van der Waals surface area contributed by atoms with Crippen molar-refractivity contribution in [3.05, 3.63) is 23.9 Å². The van der Waals surface area contributed by atoms with Crippen LogP contribution >= 0.6 is 0 Å². The lowest BCUT2D eigenvalue weighted by Crippen LogP contribution is -2.37.